The molecule has 0 aromatic heterocycles. The van der Waals surface area contributed by atoms with Crippen LogP contribution in [-0.2, 0) is 14.8 Å². The highest BCUT2D eigenvalue weighted by molar-refractivity contribution is 7.89. The van der Waals surface area contributed by atoms with Crippen LogP contribution in [0.4, 0.5) is 11.4 Å². The van der Waals surface area contributed by atoms with Crippen molar-refractivity contribution in [3.8, 4) is 5.75 Å². The maximum absolute atomic E-state index is 12.5. The second kappa shape index (κ2) is 7.32. The Kier molecular flexibility index (Phi) is 5.40. The zero-order valence-corrected chi connectivity index (χ0v) is 14.4. The van der Waals surface area contributed by atoms with Gasteiger partial charge in [0, 0.05) is 18.3 Å². The first kappa shape index (κ1) is 18.4. The Morgan fingerprint density at radius 3 is 2.24 bits per heavy atom. The number of anilines is 2. The minimum absolute atomic E-state index is 0.0129. The van der Waals surface area contributed by atoms with E-state index >= 15 is 0 Å². The summed E-state index contributed by atoms with van der Waals surface area (Å²) >= 11 is 0. The Balaban J connectivity index is 2.33. The van der Waals surface area contributed by atoms with Gasteiger partial charge in [-0.2, -0.15) is 0 Å². The number of rotatable bonds is 5. The zero-order chi connectivity index (χ0) is 18.6. The van der Waals surface area contributed by atoms with E-state index < -0.39 is 15.9 Å². The number of amides is 2. The van der Waals surface area contributed by atoms with Crippen molar-refractivity contribution in [2.75, 3.05) is 17.7 Å². The van der Waals surface area contributed by atoms with Gasteiger partial charge in [-0.15, -0.1) is 0 Å². The number of primary sulfonamides is 1. The molecule has 0 saturated heterocycles. The van der Waals surface area contributed by atoms with Crippen LogP contribution in [0.3, 0.4) is 0 Å². The summed E-state index contributed by atoms with van der Waals surface area (Å²) in [7, 11) is -2.60. The lowest BCUT2D eigenvalue weighted by Gasteiger charge is -2.11. The summed E-state index contributed by atoms with van der Waals surface area (Å²) in [5, 5.41) is 10.3. The first-order valence-electron chi connectivity index (χ1n) is 7.10. The number of carbonyl (C=O) groups is 2. The maximum Gasteiger partial charge on any atom is 0.259 e. The zero-order valence-electron chi connectivity index (χ0n) is 13.6. The molecule has 8 nitrogen and oxygen atoms in total. The number of ether oxygens (including phenoxy) is 1. The molecule has 9 heteroatoms. The summed E-state index contributed by atoms with van der Waals surface area (Å²) < 4.78 is 28.1. The van der Waals surface area contributed by atoms with Gasteiger partial charge in [0.1, 0.15) is 5.75 Å². The van der Waals surface area contributed by atoms with Crippen molar-refractivity contribution < 1.29 is 22.7 Å². The molecule has 0 fully saturated rings. The SMILES string of the molecule is COc1ccc(S(N)(=O)=O)cc1C(=O)Nc1cccc(NC(C)=O)c1. The van der Waals surface area contributed by atoms with E-state index in [0.717, 1.165) is 6.07 Å². The van der Waals surface area contributed by atoms with E-state index in [1.54, 1.807) is 24.3 Å². The number of carbonyl (C=O) groups excluding carboxylic acids is 2. The van der Waals surface area contributed by atoms with E-state index in [1.165, 1.54) is 26.2 Å². The van der Waals surface area contributed by atoms with Crippen molar-refractivity contribution in [2.45, 2.75) is 11.8 Å². The van der Waals surface area contributed by atoms with Gasteiger partial charge < -0.3 is 15.4 Å². The molecular formula is C16H17N3O5S. The minimum atomic E-state index is -3.96. The van der Waals surface area contributed by atoms with Crippen LogP contribution >= 0.6 is 0 Å². The van der Waals surface area contributed by atoms with Gasteiger partial charge in [-0.05, 0) is 36.4 Å². The second-order valence-electron chi connectivity index (χ2n) is 5.12. The van der Waals surface area contributed by atoms with Gasteiger partial charge in [0.2, 0.25) is 15.9 Å². The highest BCUT2D eigenvalue weighted by Gasteiger charge is 2.17. The van der Waals surface area contributed by atoms with Gasteiger partial charge in [0.25, 0.3) is 5.91 Å². The standard InChI is InChI=1S/C16H17N3O5S/c1-10(20)18-11-4-3-5-12(8-11)19-16(21)14-9-13(25(17,22)23)6-7-15(14)24-2/h3-9H,1-2H3,(H,18,20)(H,19,21)(H2,17,22,23). The average Bonchev–Trinajstić information content (AvgIpc) is 2.53. The number of benzene rings is 2. The van der Waals surface area contributed by atoms with E-state index in [9.17, 15) is 18.0 Å². The van der Waals surface area contributed by atoms with Crippen molar-refractivity contribution in [2.24, 2.45) is 5.14 Å². The Morgan fingerprint density at radius 2 is 1.68 bits per heavy atom. The van der Waals surface area contributed by atoms with Crippen LogP contribution in [0.2, 0.25) is 0 Å². The van der Waals surface area contributed by atoms with E-state index in [4.69, 9.17) is 9.88 Å². The van der Waals surface area contributed by atoms with E-state index in [2.05, 4.69) is 10.6 Å². The number of hydrogen-bond acceptors (Lipinski definition) is 5. The number of nitrogens with two attached hydrogens (primary N) is 1. The van der Waals surface area contributed by atoms with Gasteiger partial charge >= 0.3 is 0 Å². The van der Waals surface area contributed by atoms with Gasteiger partial charge in [-0.3, -0.25) is 9.59 Å². The van der Waals surface area contributed by atoms with Crippen LogP contribution < -0.4 is 20.5 Å². The lowest BCUT2D eigenvalue weighted by molar-refractivity contribution is -0.114. The monoisotopic (exact) mass is 363 g/mol. The van der Waals surface area contributed by atoms with Gasteiger partial charge in [-0.1, -0.05) is 6.07 Å². The number of methoxy groups -OCH3 is 1. The largest absolute Gasteiger partial charge is 0.496 e. The fourth-order valence-corrected chi connectivity index (χ4v) is 2.66. The normalized spacial score (nSPS) is 10.8. The highest BCUT2D eigenvalue weighted by Crippen LogP contribution is 2.24. The summed E-state index contributed by atoms with van der Waals surface area (Å²) in [5.74, 6) is -0.628. The molecule has 0 heterocycles. The van der Waals surface area contributed by atoms with Crippen LogP contribution in [-0.4, -0.2) is 27.3 Å². The topological polar surface area (TPSA) is 128 Å². The summed E-state index contributed by atoms with van der Waals surface area (Å²) in [6.45, 7) is 1.37. The summed E-state index contributed by atoms with van der Waals surface area (Å²) in [6, 6.07) is 10.2. The first-order chi connectivity index (χ1) is 11.7. The van der Waals surface area contributed by atoms with Crippen LogP contribution in [0.5, 0.6) is 5.75 Å². The molecular weight excluding hydrogens is 346 g/mol. The molecule has 132 valence electrons. The third-order valence-electron chi connectivity index (χ3n) is 3.18. The van der Waals surface area contributed by atoms with E-state index in [0.29, 0.717) is 11.4 Å². The van der Waals surface area contributed by atoms with Crippen molar-refractivity contribution >= 4 is 33.2 Å². The molecule has 0 saturated carbocycles. The third kappa shape index (κ3) is 4.78. The Bertz CT molecular complexity index is 925. The molecule has 2 aromatic carbocycles. The fourth-order valence-electron chi connectivity index (χ4n) is 2.12. The summed E-state index contributed by atoms with van der Waals surface area (Å²) in [5.41, 5.74) is 0.939. The molecule has 0 bridgehead atoms. The van der Waals surface area contributed by atoms with Crippen molar-refractivity contribution in [1.29, 1.82) is 0 Å². The quantitative estimate of drug-likeness (QED) is 0.743. The molecule has 0 aliphatic carbocycles. The van der Waals surface area contributed by atoms with Gasteiger partial charge in [0.05, 0.1) is 17.6 Å². The predicted molar refractivity (Wildman–Crippen MR) is 93.1 cm³/mol. The molecule has 0 spiro atoms. The third-order valence-corrected chi connectivity index (χ3v) is 4.10. The Hall–Kier alpha value is -2.91. The molecule has 0 unspecified atom stereocenters. The Morgan fingerprint density at radius 1 is 1.04 bits per heavy atom. The van der Waals surface area contributed by atoms with E-state index in [1.807, 2.05) is 0 Å². The van der Waals surface area contributed by atoms with Crippen LogP contribution in [0, 0.1) is 0 Å². The molecule has 0 aliphatic heterocycles. The summed E-state index contributed by atoms with van der Waals surface area (Å²) in [4.78, 5) is 23.4. The molecule has 0 aliphatic rings. The molecule has 2 rings (SSSR count). The molecule has 2 amide bonds. The van der Waals surface area contributed by atoms with E-state index in [-0.39, 0.29) is 22.1 Å². The molecule has 0 atom stereocenters. The molecule has 25 heavy (non-hydrogen) atoms. The smallest absolute Gasteiger partial charge is 0.259 e. The van der Waals surface area contributed by atoms with Crippen molar-refractivity contribution in [3.05, 3.63) is 48.0 Å². The van der Waals surface area contributed by atoms with Crippen LogP contribution in [0.15, 0.2) is 47.4 Å². The van der Waals surface area contributed by atoms with Crippen molar-refractivity contribution in [1.82, 2.24) is 0 Å². The molecule has 4 N–H and O–H groups in total. The van der Waals surface area contributed by atoms with Crippen LogP contribution in [0.25, 0.3) is 0 Å². The average molecular weight is 363 g/mol. The number of hydrogen-bond donors (Lipinski definition) is 3. The van der Waals surface area contributed by atoms with Crippen LogP contribution in [0.1, 0.15) is 17.3 Å². The molecule has 0 radical (unpaired) electrons. The van der Waals surface area contributed by atoms with Gasteiger partial charge in [0.15, 0.2) is 0 Å². The summed E-state index contributed by atoms with van der Waals surface area (Å²) in [6.07, 6.45) is 0. The lowest BCUT2D eigenvalue weighted by atomic mass is 10.1. The fraction of sp³-hybridized carbons (Fsp3) is 0.125. The number of nitrogens with one attached hydrogen (secondary N) is 2. The predicted octanol–water partition coefficient (Wildman–Crippen LogP) is 1.55. The lowest BCUT2D eigenvalue weighted by Crippen LogP contribution is -2.17. The van der Waals surface area contributed by atoms with Gasteiger partial charge in [-0.25, -0.2) is 13.6 Å². The minimum Gasteiger partial charge on any atom is -0.496 e. The van der Waals surface area contributed by atoms with Crippen molar-refractivity contribution in [3.63, 3.8) is 0 Å². The highest BCUT2D eigenvalue weighted by atomic mass is 32.2. The molecule has 2 aromatic rings. The first-order valence-corrected chi connectivity index (χ1v) is 8.65. The maximum atomic E-state index is 12.5. The number of sulfonamides is 1. The Labute approximate surface area is 145 Å². The second-order valence-corrected chi connectivity index (χ2v) is 6.68.